The molecule has 2 rings (SSSR count). The zero-order valence-electron chi connectivity index (χ0n) is 12.1. The van der Waals surface area contributed by atoms with Crippen molar-refractivity contribution in [1.29, 1.82) is 0 Å². The summed E-state index contributed by atoms with van der Waals surface area (Å²) in [4.78, 5) is 0. The fourth-order valence-corrected chi connectivity index (χ4v) is 3.50. The van der Waals surface area contributed by atoms with Crippen molar-refractivity contribution >= 4 is 0 Å². The Balaban J connectivity index is 2.23. The summed E-state index contributed by atoms with van der Waals surface area (Å²) >= 11 is 0. The molecule has 1 aliphatic carbocycles. The lowest BCUT2D eigenvalue weighted by molar-refractivity contribution is -0.0362. The van der Waals surface area contributed by atoms with Gasteiger partial charge in [0.25, 0.3) is 0 Å². The summed E-state index contributed by atoms with van der Waals surface area (Å²) in [6.07, 6.45) is 3.04. The van der Waals surface area contributed by atoms with Crippen molar-refractivity contribution in [3.63, 3.8) is 0 Å². The smallest absolute Gasteiger partial charge is 0.0901 e. The van der Waals surface area contributed by atoms with Gasteiger partial charge in [-0.05, 0) is 48.1 Å². The van der Waals surface area contributed by atoms with Gasteiger partial charge in [0.2, 0.25) is 0 Å². The van der Waals surface area contributed by atoms with E-state index in [0.29, 0.717) is 17.8 Å². The van der Waals surface area contributed by atoms with Crippen LogP contribution in [0.15, 0.2) is 24.3 Å². The number of hydrogen-bond acceptors (Lipinski definition) is 1. The number of aliphatic hydroxyl groups is 1. The van der Waals surface area contributed by atoms with Crippen LogP contribution in [0.4, 0.5) is 0 Å². The minimum Gasteiger partial charge on any atom is -0.385 e. The van der Waals surface area contributed by atoms with E-state index in [0.717, 1.165) is 18.4 Å². The highest BCUT2D eigenvalue weighted by atomic mass is 16.3. The second-order valence-corrected chi connectivity index (χ2v) is 6.66. The van der Waals surface area contributed by atoms with Crippen LogP contribution in [0.5, 0.6) is 0 Å². The zero-order chi connectivity index (χ0) is 13.3. The van der Waals surface area contributed by atoms with Crippen molar-refractivity contribution in [1.82, 2.24) is 0 Å². The summed E-state index contributed by atoms with van der Waals surface area (Å²) in [7, 11) is 0. The van der Waals surface area contributed by atoms with E-state index < -0.39 is 5.60 Å². The maximum absolute atomic E-state index is 10.9. The topological polar surface area (TPSA) is 20.2 Å². The van der Waals surface area contributed by atoms with Crippen LogP contribution in [0.3, 0.4) is 0 Å². The van der Waals surface area contributed by atoms with Crippen molar-refractivity contribution < 1.29 is 5.11 Å². The first-order valence-corrected chi connectivity index (χ1v) is 7.23. The first-order chi connectivity index (χ1) is 8.40. The van der Waals surface area contributed by atoms with Crippen LogP contribution in [0.1, 0.15) is 64.0 Å². The van der Waals surface area contributed by atoms with Gasteiger partial charge in [-0.3, -0.25) is 0 Å². The summed E-state index contributed by atoms with van der Waals surface area (Å²) in [5.41, 5.74) is 1.84. The summed E-state index contributed by atoms with van der Waals surface area (Å²) in [6, 6.07) is 8.59. The van der Waals surface area contributed by atoms with E-state index in [4.69, 9.17) is 0 Å². The Bertz CT molecular complexity index is 381. The molecule has 0 spiro atoms. The summed E-state index contributed by atoms with van der Waals surface area (Å²) in [6.45, 7) is 8.91. The predicted octanol–water partition coefficient (Wildman–Crippen LogP) is 4.45. The fourth-order valence-electron chi connectivity index (χ4n) is 3.50. The second-order valence-electron chi connectivity index (χ2n) is 6.66. The van der Waals surface area contributed by atoms with Crippen LogP contribution in [-0.2, 0) is 5.60 Å². The maximum Gasteiger partial charge on any atom is 0.0901 e. The van der Waals surface area contributed by atoms with Crippen molar-refractivity contribution in [2.75, 3.05) is 0 Å². The Hall–Kier alpha value is -0.820. The molecule has 1 fully saturated rings. The Morgan fingerprint density at radius 2 is 1.56 bits per heavy atom. The Kier molecular flexibility index (Phi) is 3.82. The van der Waals surface area contributed by atoms with Crippen molar-refractivity contribution in [3.05, 3.63) is 35.4 Å². The van der Waals surface area contributed by atoms with E-state index in [9.17, 15) is 5.11 Å². The molecule has 2 unspecified atom stereocenters. The molecule has 1 aromatic rings. The molecule has 1 saturated carbocycles. The lowest BCUT2D eigenvalue weighted by Crippen LogP contribution is -2.35. The van der Waals surface area contributed by atoms with Gasteiger partial charge in [-0.15, -0.1) is 0 Å². The molecular formula is C17H26O. The van der Waals surface area contributed by atoms with Crippen LogP contribution >= 0.6 is 0 Å². The molecule has 1 N–H and O–H groups in total. The molecule has 100 valence electrons. The van der Waals surface area contributed by atoms with Gasteiger partial charge < -0.3 is 5.11 Å². The average Bonchev–Trinajstić information content (AvgIpc) is 2.27. The molecule has 1 nitrogen and oxygen atoms in total. The highest BCUT2D eigenvalue weighted by Gasteiger charge is 2.37. The summed E-state index contributed by atoms with van der Waals surface area (Å²) in [5, 5.41) is 10.9. The summed E-state index contributed by atoms with van der Waals surface area (Å²) < 4.78 is 0. The van der Waals surface area contributed by atoms with Gasteiger partial charge in [-0.1, -0.05) is 52.0 Å². The normalized spacial score (nSPS) is 32.8. The summed E-state index contributed by atoms with van der Waals surface area (Å²) in [5.74, 6) is 1.78. The first-order valence-electron chi connectivity index (χ1n) is 7.23. The van der Waals surface area contributed by atoms with Gasteiger partial charge >= 0.3 is 0 Å². The predicted molar refractivity (Wildman–Crippen MR) is 76.6 cm³/mol. The van der Waals surface area contributed by atoms with E-state index >= 15 is 0 Å². The molecule has 1 aromatic carbocycles. The van der Waals surface area contributed by atoms with Crippen LogP contribution in [0.25, 0.3) is 0 Å². The van der Waals surface area contributed by atoms with Gasteiger partial charge in [-0.25, -0.2) is 0 Å². The third-order valence-electron chi connectivity index (χ3n) is 4.29. The lowest BCUT2D eigenvalue weighted by atomic mass is 9.70. The average molecular weight is 246 g/mol. The van der Waals surface area contributed by atoms with Crippen LogP contribution < -0.4 is 0 Å². The van der Waals surface area contributed by atoms with E-state index in [1.54, 1.807) is 0 Å². The van der Waals surface area contributed by atoms with Crippen LogP contribution in [-0.4, -0.2) is 5.11 Å². The highest BCUT2D eigenvalue weighted by molar-refractivity contribution is 5.29. The molecule has 1 aliphatic rings. The van der Waals surface area contributed by atoms with E-state index in [-0.39, 0.29) is 0 Å². The van der Waals surface area contributed by atoms with Crippen molar-refractivity contribution in [2.24, 2.45) is 11.8 Å². The van der Waals surface area contributed by atoms with E-state index in [1.165, 1.54) is 12.0 Å². The molecule has 0 aromatic heterocycles. The molecule has 0 aliphatic heterocycles. The molecule has 1 heteroatoms. The minimum absolute atomic E-state index is 0.554. The third-order valence-corrected chi connectivity index (χ3v) is 4.29. The molecule has 2 atom stereocenters. The van der Waals surface area contributed by atoms with Crippen molar-refractivity contribution in [3.8, 4) is 0 Å². The van der Waals surface area contributed by atoms with Gasteiger partial charge in [0.15, 0.2) is 0 Å². The molecule has 18 heavy (non-hydrogen) atoms. The number of rotatable bonds is 2. The Labute approximate surface area is 111 Å². The quantitative estimate of drug-likeness (QED) is 0.817. The number of hydrogen-bond donors (Lipinski definition) is 1. The first kappa shape index (κ1) is 13.6. The van der Waals surface area contributed by atoms with Gasteiger partial charge in [0.1, 0.15) is 0 Å². The minimum atomic E-state index is -0.605. The van der Waals surface area contributed by atoms with E-state index in [2.05, 4.69) is 52.0 Å². The van der Waals surface area contributed by atoms with Gasteiger partial charge in [-0.2, -0.15) is 0 Å². The van der Waals surface area contributed by atoms with Gasteiger partial charge in [0, 0.05) is 0 Å². The lowest BCUT2D eigenvalue weighted by Gasteiger charge is -2.39. The molecule has 0 radical (unpaired) electrons. The van der Waals surface area contributed by atoms with E-state index in [1.807, 2.05) is 0 Å². The largest absolute Gasteiger partial charge is 0.385 e. The molecule has 0 heterocycles. The van der Waals surface area contributed by atoms with Crippen LogP contribution in [0, 0.1) is 11.8 Å². The highest BCUT2D eigenvalue weighted by Crippen LogP contribution is 2.42. The monoisotopic (exact) mass is 246 g/mol. The van der Waals surface area contributed by atoms with Crippen molar-refractivity contribution in [2.45, 2.75) is 58.5 Å². The van der Waals surface area contributed by atoms with Gasteiger partial charge in [0.05, 0.1) is 5.60 Å². The molecular weight excluding hydrogens is 220 g/mol. The second kappa shape index (κ2) is 5.05. The molecule has 0 amide bonds. The SMILES string of the molecule is CC1CC(C)CC(O)(c2ccc(C(C)C)cc2)C1. The fraction of sp³-hybridized carbons (Fsp3) is 0.647. The molecule has 0 saturated heterocycles. The standard InChI is InChI=1S/C17H26O/c1-12(2)15-5-7-16(8-6-15)17(18)10-13(3)9-14(4)11-17/h5-8,12-14,18H,9-11H2,1-4H3. The Morgan fingerprint density at radius 3 is 2.00 bits per heavy atom. The number of benzene rings is 1. The Morgan fingerprint density at radius 1 is 1.06 bits per heavy atom. The van der Waals surface area contributed by atoms with Crippen LogP contribution in [0.2, 0.25) is 0 Å². The zero-order valence-corrected chi connectivity index (χ0v) is 12.1. The molecule has 0 bridgehead atoms. The maximum atomic E-state index is 10.9. The third kappa shape index (κ3) is 2.77.